The first-order valence-electron chi connectivity index (χ1n) is 8.41. The molecule has 1 aromatic heterocycles. The van der Waals surface area contributed by atoms with E-state index in [9.17, 15) is 4.79 Å². The monoisotopic (exact) mass is 459 g/mol. The molecule has 3 aromatic rings. The van der Waals surface area contributed by atoms with Crippen LogP contribution in [0.2, 0.25) is 0 Å². The van der Waals surface area contributed by atoms with Crippen LogP contribution in [0.3, 0.4) is 0 Å². The molecule has 0 fully saturated rings. The van der Waals surface area contributed by atoms with Gasteiger partial charge in [-0.25, -0.2) is 4.98 Å². The molecule has 3 rings (SSSR count). The number of hydrogen-bond donors (Lipinski definition) is 2. The van der Waals surface area contributed by atoms with Crippen LogP contribution in [0.4, 0.5) is 5.13 Å². The summed E-state index contributed by atoms with van der Waals surface area (Å²) in [4.78, 5) is 18.0. The smallest absolute Gasteiger partial charge is 0.257 e. The first-order valence-corrected chi connectivity index (χ1v) is 10.4. The van der Waals surface area contributed by atoms with Gasteiger partial charge in [0.15, 0.2) is 10.2 Å². The largest absolute Gasteiger partial charge is 0.308 e. The molecular weight excluding hydrogens is 442 g/mol. The van der Waals surface area contributed by atoms with Crippen molar-refractivity contribution >= 4 is 55.6 Å². The summed E-state index contributed by atoms with van der Waals surface area (Å²) in [5.41, 5.74) is 3.82. The summed E-state index contributed by atoms with van der Waals surface area (Å²) in [7, 11) is 0. The molecule has 138 valence electrons. The molecule has 2 aromatic carbocycles. The number of thiocarbonyl (C=S) groups is 1. The summed E-state index contributed by atoms with van der Waals surface area (Å²) < 4.78 is 0.914. The zero-order chi connectivity index (χ0) is 19.4. The van der Waals surface area contributed by atoms with Gasteiger partial charge in [0, 0.05) is 20.5 Å². The standard InChI is InChI=1S/C20H18BrN3OS2/c1-3-13-4-6-14(7-5-13)17-12(2)27-20(22-17)24-19(26)23-18(25)15-8-10-16(21)11-9-15/h4-11H,3H2,1-2H3,(H2,22,23,24,25,26). The summed E-state index contributed by atoms with van der Waals surface area (Å²) in [5, 5.41) is 6.57. The lowest BCUT2D eigenvalue weighted by Crippen LogP contribution is -2.34. The summed E-state index contributed by atoms with van der Waals surface area (Å²) in [6, 6.07) is 15.5. The fourth-order valence-corrected chi connectivity index (χ4v) is 3.88. The van der Waals surface area contributed by atoms with Gasteiger partial charge in [0.05, 0.1) is 5.69 Å². The maximum Gasteiger partial charge on any atom is 0.257 e. The van der Waals surface area contributed by atoms with Gasteiger partial charge in [0.2, 0.25) is 0 Å². The van der Waals surface area contributed by atoms with Gasteiger partial charge in [-0.2, -0.15) is 0 Å². The van der Waals surface area contributed by atoms with Crippen LogP contribution in [0.15, 0.2) is 53.0 Å². The van der Waals surface area contributed by atoms with E-state index in [-0.39, 0.29) is 11.0 Å². The fourth-order valence-electron chi connectivity index (χ4n) is 2.52. The number of anilines is 1. The number of hydrogen-bond acceptors (Lipinski definition) is 4. The molecule has 0 unspecified atom stereocenters. The highest BCUT2D eigenvalue weighted by atomic mass is 79.9. The number of aryl methyl sites for hydroxylation is 2. The van der Waals surface area contributed by atoms with Gasteiger partial charge in [-0.15, -0.1) is 11.3 Å². The van der Waals surface area contributed by atoms with Crippen molar-refractivity contribution in [1.29, 1.82) is 0 Å². The second-order valence-corrected chi connectivity index (χ2v) is 8.42. The summed E-state index contributed by atoms with van der Waals surface area (Å²) in [6.45, 7) is 4.16. The molecule has 1 amide bonds. The van der Waals surface area contributed by atoms with Crippen molar-refractivity contribution < 1.29 is 4.79 Å². The zero-order valence-electron chi connectivity index (χ0n) is 14.9. The van der Waals surface area contributed by atoms with Gasteiger partial charge in [-0.3, -0.25) is 10.1 Å². The van der Waals surface area contributed by atoms with Crippen molar-refractivity contribution in [2.75, 3.05) is 5.32 Å². The number of nitrogens with zero attached hydrogens (tertiary/aromatic N) is 1. The van der Waals surface area contributed by atoms with E-state index in [0.29, 0.717) is 10.7 Å². The van der Waals surface area contributed by atoms with Crippen LogP contribution in [0.25, 0.3) is 11.3 Å². The maximum absolute atomic E-state index is 12.2. The van der Waals surface area contributed by atoms with E-state index in [1.807, 2.05) is 19.1 Å². The minimum Gasteiger partial charge on any atom is -0.308 e. The second kappa shape index (κ2) is 8.73. The lowest BCUT2D eigenvalue weighted by Gasteiger charge is -2.07. The van der Waals surface area contributed by atoms with Crippen molar-refractivity contribution in [1.82, 2.24) is 10.3 Å². The Labute approximate surface area is 176 Å². The Morgan fingerprint density at radius 2 is 1.81 bits per heavy atom. The fraction of sp³-hybridized carbons (Fsp3) is 0.150. The van der Waals surface area contributed by atoms with Crippen LogP contribution >= 0.6 is 39.5 Å². The number of benzene rings is 2. The number of nitrogens with one attached hydrogen (secondary N) is 2. The minimum absolute atomic E-state index is 0.226. The molecule has 0 bridgehead atoms. The van der Waals surface area contributed by atoms with Crippen LogP contribution in [0, 0.1) is 6.92 Å². The number of amides is 1. The minimum atomic E-state index is -0.261. The third-order valence-corrected chi connectivity index (χ3v) is 5.61. The molecule has 0 aliphatic carbocycles. The van der Waals surface area contributed by atoms with Crippen molar-refractivity contribution in [3.8, 4) is 11.3 Å². The van der Waals surface area contributed by atoms with E-state index in [1.165, 1.54) is 16.9 Å². The Morgan fingerprint density at radius 3 is 2.44 bits per heavy atom. The Kier molecular flexibility index (Phi) is 6.36. The third kappa shape index (κ3) is 5.00. The number of carbonyl (C=O) groups excluding carboxylic acids is 1. The molecule has 0 spiro atoms. The number of carbonyl (C=O) groups is 1. The molecular formula is C20H18BrN3OS2. The van der Waals surface area contributed by atoms with E-state index in [4.69, 9.17) is 12.2 Å². The molecule has 4 nitrogen and oxygen atoms in total. The first-order chi connectivity index (χ1) is 13.0. The van der Waals surface area contributed by atoms with Crippen LogP contribution in [-0.4, -0.2) is 16.0 Å². The van der Waals surface area contributed by atoms with Gasteiger partial charge >= 0.3 is 0 Å². The summed E-state index contributed by atoms with van der Waals surface area (Å²) >= 11 is 10.1. The average molecular weight is 460 g/mol. The predicted molar refractivity (Wildman–Crippen MR) is 119 cm³/mol. The molecule has 0 radical (unpaired) electrons. The maximum atomic E-state index is 12.2. The first kappa shape index (κ1) is 19.7. The molecule has 1 heterocycles. The molecule has 2 N–H and O–H groups in total. The molecule has 0 aliphatic heterocycles. The van der Waals surface area contributed by atoms with Gasteiger partial charge in [0.1, 0.15) is 0 Å². The van der Waals surface area contributed by atoms with Crippen LogP contribution in [0.5, 0.6) is 0 Å². The lowest BCUT2D eigenvalue weighted by molar-refractivity contribution is 0.0977. The molecule has 0 atom stereocenters. The third-order valence-electron chi connectivity index (χ3n) is 3.99. The summed E-state index contributed by atoms with van der Waals surface area (Å²) in [6.07, 6.45) is 1.01. The number of halogens is 1. The van der Waals surface area contributed by atoms with Crippen molar-refractivity contribution in [3.05, 3.63) is 69.0 Å². The Morgan fingerprint density at radius 1 is 1.15 bits per heavy atom. The lowest BCUT2D eigenvalue weighted by atomic mass is 10.1. The van der Waals surface area contributed by atoms with Crippen LogP contribution in [-0.2, 0) is 6.42 Å². The highest BCUT2D eigenvalue weighted by Crippen LogP contribution is 2.30. The number of rotatable bonds is 4. The van der Waals surface area contributed by atoms with Crippen molar-refractivity contribution in [3.63, 3.8) is 0 Å². The van der Waals surface area contributed by atoms with Gasteiger partial charge in [-0.05, 0) is 55.4 Å². The number of aromatic nitrogens is 1. The quantitative estimate of drug-likeness (QED) is 0.500. The normalized spacial score (nSPS) is 10.5. The van der Waals surface area contributed by atoms with Gasteiger partial charge < -0.3 is 5.32 Å². The second-order valence-electron chi connectivity index (χ2n) is 5.89. The van der Waals surface area contributed by atoms with Crippen LogP contribution in [0.1, 0.15) is 27.7 Å². The SMILES string of the molecule is CCc1ccc(-c2nc(NC(=S)NC(=O)c3ccc(Br)cc3)sc2C)cc1. The van der Waals surface area contributed by atoms with Crippen LogP contribution < -0.4 is 10.6 Å². The van der Waals surface area contributed by atoms with Gasteiger partial charge in [-0.1, -0.05) is 47.1 Å². The highest BCUT2D eigenvalue weighted by Gasteiger charge is 2.13. The topological polar surface area (TPSA) is 54.0 Å². The van der Waals surface area contributed by atoms with Crippen molar-refractivity contribution in [2.45, 2.75) is 20.3 Å². The average Bonchev–Trinajstić information content (AvgIpc) is 3.02. The van der Waals surface area contributed by atoms with E-state index in [0.717, 1.165) is 27.0 Å². The molecule has 0 saturated carbocycles. The van der Waals surface area contributed by atoms with E-state index >= 15 is 0 Å². The van der Waals surface area contributed by atoms with E-state index < -0.39 is 0 Å². The predicted octanol–water partition coefficient (Wildman–Crippen LogP) is 5.57. The van der Waals surface area contributed by atoms with E-state index in [2.05, 4.69) is 62.7 Å². The molecule has 7 heteroatoms. The van der Waals surface area contributed by atoms with Gasteiger partial charge in [0.25, 0.3) is 5.91 Å². The molecule has 0 aliphatic rings. The molecule has 27 heavy (non-hydrogen) atoms. The highest BCUT2D eigenvalue weighted by molar-refractivity contribution is 9.10. The Bertz CT molecular complexity index is 966. The van der Waals surface area contributed by atoms with Crippen molar-refractivity contribution in [2.24, 2.45) is 0 Å². The van der Waals surface area contributed by atoms with E-state index in [1.54, 1.807) is 12.1 Å². The molecule has 0 saturated heterocycles. The number of thiazole rings is 1. The summed E-state index contributed by atoms with van der Waals surface area (Å²) in [5.74, 6) is -0.261. The Balaban J connectivity index is 1.67. The zero-order valence-corrected chi connectivity index (χ0v) is 18.1. The Hall–Kier alpha value is -2.09.